The second kappa shape index (κ2) is 9.34. The number of carbonyl (C=O) groups excluding carboxylic acids is 1. The third-order valence-corrected chi connectivity index (χ3v) is 5.61. The Morgan fingerprint density at radius 2 is 1.67 bits per heavy atom. The molecule has 0 aliphatic carbocycles. The van der Waals surface area contributed by atoms with Gasteiger partial charge in [0.15, 0.2) is 11.0 Å². The number of hydrogen-bond acceptors (Lipinski definition) is 4. The molecule has 1 N–H and O–H groups in total. The molecule has 0 saturated carbocycles. The van der Waals surface area contributed by atoms with Gasteiger partial charge in [0.2, 0.25) is 5.91 Å². The molecule has 1 heterocycles. The summed E-state index contributed by atoms with van der Waals surface area (Å²) in [5.74, 6) is 0.700. The standard InChI is InChI=1S/C22H16Cl2N4OS/c23-16-11-9-15(10-12-16)21-26-27-22(28(21)19-7-2-1-3-8-19)30-14-20(29)25-18-6-4-5-17(24)13-18/h1-13H,14H2,(H,25,29). The monoisotopic (exact) mass is 454 g/mol. The molecule has 0 aliphatic heterocycles. The third kappa shape index (κ3) is 4.84. The van der Waals surface area contributed by atoms with E-state index in [1.807, 2.05) is 59.2 Å². The van der Waals surface area contributed by atoms with Gasteiger partial charge in [0.25, 0.3) is 0 Å². The summed E-state index contributed by atoms with van der Waals surface area (Å²) in [5, 5.41) is 13.4. The first kappa shape index (κ1) is 20.5. The largest absolute Gasteiger partial charge is 0.325 e. The first-order chi connectivity index (χ1) is 14.6. The van der Waals surface area contributed by atoms with Crippen LogP contribution >= 0.6 is 35.0 Å². The molecule has 0 spiro atoms. The molecule has 0 saturated heterocycles. The van der Waals surface area contributed by atoms with Crippen molar-refractivity contribution in [3.05, 3.63) is 88.9 Å². The van der Waals surface area contributed by atoms with Crippen LogP contribution in [-0.4, -0.2) is 26.4 Å². The topological polar surface area (TPSA) is 59.8 Å². The number of halogens is 2. The third-order valence-electron chi connectivity index (χ3n) is 4.19. The molecule has 1 amide bonds. The van der Waals surface area contributed by atoms with Crippen LogP contribution in [0.4, 0.5) is 5.69 Å². The number of para-hydroxylation sites is 1. The fourth-order valence-electron chi connectivity index (χ4n) is 2.85. The summed E-state index contributed by atoms with van der Waals surface area (Å²) in [6, 6.07) is 24.2. The van der Waals surface area contributed by atoms with Gasteiger partial charge in [-0.2, -0.15) is 0 Å². The summed E-state index contributed by atoms with van der Waals surface area (Å²) in [4.78, 5) is 12.4. The quantitative estimate of drug-likeness (QED) is 0.364. The Bertz CT molecular complexity index is 1160. The van der Waals surface area contributed by atoms with Crippen LogP contribution < -0.4 is 5.32 Å². The SMILES string of the molecule is O=C(CSc1nnc(-c2ccc(Cl)cc2)n1-c1ccccc1)Nc1cccc(Cl)c1. The van der Waals surface area contributed by atoms with E-state index in [9.17, 15) is 4.79 Å². The fraction of sp³-hybridized carbons (Fsp3) is 0.0455. The van der Waals surface area contributed by atoms with Gasteiger partial charge in [0.05, 0.1) is 5.75 Å². The van der Waals surface area contributed by atoms with E-state index < -0.39 is 0 Å². The Morgan fingerprint density at radius 1 is 0.900 bits per heavy atom. The van der Waals surface area contributed by atoms with Gasteiger partial charge in [-0.25, -0.2) is 0 Å². The number of amides is 1. The number of benzene rings is 3. The summed E-state index contributed by atoms with van der Waals surface area (Å²) in [5.41, 5.74) is 2.44. The van der Waals surface area contributed by atoms with Gasteiger partial charge in [-0.05, 0) is 54.6 Å². The molecule has 4 aromatic rings. The number of rotatable bonds is 6. The van der Waals surface area contributed by atoms with E-state index in [4.69, 9.17) is 23.2 Å². The van der Waals surface area contributed by atoms with Crippen molar-refractivity contribution in [2.24, 2.45) is 0 Å². The Hall–Kier alpha value is -2.80. The van der Waals surface area contributed by atoms with Gasteiger partial charge in [0, 0.05) is 27.0 Å². The molecule has 1 aromatic heterocycles. The maximum Gasteiger partial charge on any atom is 0.234 e. The zero-order valence-electron chi connectivity index (χ0n) is 15.6. The summed E-state index contributed by atoms with van der Waals surface area (Å²) < 4.78 is 1.93. The van der Waals surface area contributed by atoms with Crippen LogP contribution in [0.15, 0.2) is 84.0 Å². The zero-order valence-corrected chi connectivity index (χ0v) is 18.0. The molecule has 0 radical (unpaired) electrons. The molecule has 0 unspecified atom stereocenters. The molecule has 0 bridgehead atoms. The minimum absolute atomic E-state index is 0.155. The number of thioether (sulfide) groups is 1. The van der Waals surface area contributed by atoms with Crippen molar-refractivity contribution < 1.29 is 4.79 Å². The number of nitrogens with one attached hydrogen (secondary N) is 1. The molecule has 30 heavy (non-hydrogen) atoms. The van der Waals surface area contributed by atoms with Crippen molar-refractivity contribution >= 4 is 46.6 Å². The maximum absolute atomic E-state index is 12.4. The molecular formula is C22H16Cl2N4OS. The average molecular weight is 455 g/mol. The number of carbonyl (C=O) groups is 1. The minimum atomic E-state index is -0.155. The highest BCUT2D eigenvalue weighted by Crippen LogP contribution is 2.28. The molecule has 4 rings (SSSR count). The predicted octanol–water partition coefficient (Wildman–Crippen LogP) is 5.97. The number of anilines is 1. The molecule has 3 aromatic carbocycles. The highest BCUT2D eigenvalue weighted by atomic mass is 35.5. The first-order valence-corrected chi connectivity index (χ1v) is 10.8. The van der Waals surface area contributed by atoms with E-state index in [1.54, 1.807) is 24.3 Å². The minimum Gasteiger partial charge on any atom is -0.325 e. The Kier molecular flexibility index (Phi) is 6.38. The van der Waals surface area contributed by atoms with E-state index in [0.29, 0.717) is 26.7 Å². The summed E-state index contributed by atoms with van der Waals surface area (Å²) in [6.45, 7) is 0. The second-order valence-corrected chi connectivity index (χ2v) is 8.15. The summed E-state index contributed by atoms with van der Waals surface area (Å²) in [7, 11) is 0. The Labute approximate surface area is 188 Å². The van der Waals surface area contributed by atoms with E-state index >= 15 is 0 Å². The van der Waals surface area contributed by atoms with Crippen LogP contribution in [-0.2, 0) is 4.79 Å². The zero-order chi connectivity index (χ0) is 20.9. The Morgan fingerprint density at radius 3 is 2.40 bits per heavy atom. The van der Waals surface area contributed by atoms with E-state index in [-0.39, 0.29) is 11.7 Å². The molecule has 5 nitrogen and oxygen atoms in total. The molecule has 150 valence electrons. The molecular weight excluding hydrogens is 439 g/mol. The van der Waals surface area contributed by atoms with Crippen LogP contribution in [0.1, 0.15) is 0 Å². The van der Waals surface area contributed by atoms with Crippen molar-refractivity contribution in [1.82, 2.24) is 14.8 Å². The van der Waals surface area contributed by atoms with Crippen molar-refractivity contribution in [2.45, 2.75) is 5.16 Å². The van der Waals surface area contributed by atoms with Gasteiger partial charge >= 0.3 is 0 Å². The molecule has 0 aliphatic rings. The first-order valence-electron chi connectivity index (χ1n) is 9.05. The predicted molar refractivity (Wildman–Crippen MR) is 123 cm³/mol. The molecule has 0 atom stereocenters. The van der Waals surface area contributed by atoms with E-state index in [0.717, 1.165) is 11.3 Å². The lowest BCUT2D eigenvalue weighted by molar-refractivity contribution is -0.113. The van der Waals surface area contributed by atoms with E-state index in [2.05, 4.69) is 15.5 Å². The van der Waals surface area contributed by atoms with Crippen LogP contribution in [0.2, 0.25) is 10.0 Å². The molecule has 0 fully saturated rings. The van der Waals surface area contributed by atoms with Crippen LogP contribution in [0.5, 0.6) is 0 Å². The highest BCUT2D eigenvalue weighted by Gasteiger charge is 2.17. The van der Waals surface area contributed by atoms with Crippen molar-refractivity contribution in [2.75, 3.05) is 11.1 Å². The lowest BCUT2D eigenvalue weighted by Gasteiger charge is -2.10. The van der Waals surface area contributed by atoms with E-state index in [1.165, 1.54) is 11.8 Å². The number of aromatic nitrogens is 3. The van der Waals surface area contributed by atoms with Gasteiger partial charge in [-0.1, -0.05) is 59.2 Å². The van der Waals surface area contributed by atoms with Gasteiger partial charge in [-0.15, -0.1) is 10.2 Å². The number of hydrogen-bond donors (Lipinski definition) is 1. The van der Waals surface area contributed by atoms with Crippen LogP contribution in [0.3, 0.4) is 0 Å². The van der Waals surface area contributed by atoms with Crippen molar-refractivity contribution in [3.63, 3.8) is 0 Å². The van der Waals surface area contributed by atoms with Gasteiger partial charge in [-0.3, -0.25) is 9.36 Å². The van der Waals surface area contributed by atoms with Gasteiger partial charge < -0.3 is 5.32 Å². The molecule has 8 heteroatoms. The van der Waals surface area contributed by atoms with Crippen molar-refractivity contribution in [1.29, 1.82) is 0 Å². The van der Waals surface area contributed by atoms with Gasteiger partial charge in [0.1, 0.15) is 0 Å². The van der Waals surface area contributed by atoms with Crippen LogP contribution in [0, 0.1) is 0 Å². The second-order valence-electron chi connectivity index (χ2n) is 6.33. The lowest BCUT2D eigenvalue weighted by atomic mass is 10.2. The smallest absolute Gasteiger partial charge is 0.234 e. The highest BCUT2D eigenvalue weighted by molar-refractivity contribution is 7.99. The maximum atomic E-state index is 12.4. The van der Waals surface area contributed by atoms with Crippen LogP contribution in [0.25, 0.3) is 17.1 Å². The summed E-state index contributed by atoms with van der Waals surface area (Å²) in [6.07, 6.45) is 0. The average Bonchev–Trinajstić information content (AvgIpc) is 3.17. The lowest BCUT2D eigenvalue weighted by Crippen LogP contribution is -2.14. The number of nitrogens with zero attached hydrogens (tertiary/aromatic N) is 3. The Balaban J connectivity index is 1.58. The normalized spacial score (nSPS) is 10.7. The van der Waals surface area contributed by atoms with Crippen molar-refractivity contribution in [3.8, 4) is 17.1 Å². The fourth-order valence-corrected chi connectivity index (χ4v) is 3.92. The summed E-state index contributed by atoms with van der Waals surface area (Å²) >= 11 is 13.3.